The van der Waals surface area contributed by atoms with Gasteiger partial charge in [-0.15, -0.1) is 0 Å². The summed E-state index contributed by atoms with van der Waals surface area (Å²) in [4.78, 5) is 12.8. The maximum absolute atomic E-state index is 10.9. The van der Waals surface area contributed by atoms with Crippen LogP contribution in [0.4, 0.5) is 0 Å². The van der Waals surface area contributed by atoms with E-state index < -0.39 is 0 Å². The highest BCUT2D eigenvalue weighted by Gasteiger charge is 2.22. The fourth-order valence-electron chi connectivity index (χ4n) is 1.09. The first-order valence-electron chi connectivity index (χ1n) is 4.50. The molecular formula is C9H21N3O. The third kappa shape index (κ3) is 4.24. The standard InChI is InChI=1S/C9H21N3O/c1-7(8(11)13)12(4)6-9(2,3)5-10/h7H,5-6,10H2,1-4H3,(H2,11,13). The summed E-state index contributed by atoms with van der Waals surface area (Å²) in [7, 11) is 1.88. The fraction of sp³-hybridized carbons (Fsp3) is 0.889. The molecule has 1 amide bonds. The van der Waals surface area contributed by atoms with Crippen molar-refractivity contribution in [1.82, 2.24) is 4.90 Å². The Kier molecular flexibility index (Phi) is 4.36. The Bertz CT molecular complexity index is 180. The second kappa shape index (κ2) is 4.58. The Morgan fingerprint density at radius 2 is 2.00 bits per heavy atom. The van der Waals surface area contributed by atoms with Crippen LogP contribution >= 0.6 is 0 Å². The number of carbonyl (C=O) groups is 1. The van der Waals surface area contributed by atoms with E-state index in [-0.39, 0.29) is 17.4 Å². The summed E-state index contributed by atoms with van der Waals surface area (Å²) in [5, 5.41) is 0. The fourth-order valence-corrected chi connectivity index (χ4v) is 1.09. The van der Waals surface area contributed by atoms with Gasteiger partial charge in [-0.3, -0.25) is 9.69 Å². The third-order valence-electron chi connectivity index (χ3n) is 2.30. The van der Waals surface area contributed by atoms with Crippen LogP contribution in [0.25, 0.3) is 0 Å². The lowest BCUT2D eigenvalue weighted by Gasteiger charge is -2.31. The van der Waals surface area contributed by atoms with Crippen LogP contribution in [-0.2, 0) is 4.79 Å². The average molecular weight is 187 g/mol. The van der Waals surface area contributed by atoms with Crippen LogP contribution in [0.2, 0.25) is 0 Å². The molecule has 4 N–H and O–H groups in total. The highest BCUT2D eigenvalue weighted by atomic mass is 16.1. The number of amides is 1. The molecule has 1 atom stereocenters. The molecule has 0 spiro atoms. The van der Waals surface area contributed by atoms with Gasteiger partial charge in [0.2, 0.25) is 5.91 Å². The monoisotopic (exact) mass is 187 g/mol. The first-order chi connectivity index (χ1) is 5.80. The van der Waals surface area contributed by atoms with Crippen LogP contribution in [0.3, 0.4) is 0 Å². The van der Waals surface area contributed by atoms with E-state index >= 15 is 0 Å². The van der Waals surface area contributed by atoms with Gasteiger partial charge in [0.15, 0.2) is 0 Å². The van der Waals surface area contributed by atoms with Crippen molar-refractivity contribution in [3.05, 3.63) is 0 Å². The number of nitrogens with zero attached hydrogens (tertiary/aromatic N) is 1. The minimum atomic E-state index is -0.296. The van der Waals surface area contributed by atoms with Gasteiger partial charge in [0.05, 0.1) is 6.04 Å². The highest BCUT2D eigenvalue weighted by Crippen LogP contribution is 2.14. The Morgan fingerprint density at radius 3 is 2.31 bits per heavy atom. The maximum atomic E-state index is 10.9. The molecule has 0 fully saturated rings. The van der Waals surface area contributed by atoms with Gasteiger partial charge in [0.1, 0.15) is 0 Å². The molecule has 1 unspecified atom stereocenters. The first kappa shape index (κ1) is 12.4. The quantitative estimate of drug-likeness (QED) is 0.625. The molecule has 0 rings (SSSR count). The van der Waals surface area contributed by atoms with Gasteiger partial charge in [-0.2, -0.15) is 0 Å². The largest absolute Gasteiger partial charge is 0.368 e. The van der Waals surface area contributed by atoms with Crippen molar-refractivity contribution in [3.63, 3.8) is 0 Å². The summed E-state index contributed by atoms with van der Waals surface area (Å²) in [5.74, 6) is -0.296. The molecule has 0 aliphatic carbocycles. The molecule has 0 aromatic heterocycles. The first-order valence-corrected chi connectivity index (χ1v) is 4.50. The van der Waals surface area contributed by atoms with Gasteiger partial charge >= 0.3 is 0 Å². The van der Waals surface area contributed by atoms with Crippen molar-refractivity contribution in [2.24, 2.45) is 16.9 Å². The van der Waals surface area contributed by atoms with E-state index in [1.807, 2.05) is 11.9 Å². The number of carbonyl (C=O) groups excluding carboxylic acids is 1. The van der Waals surface area contributed by atoms with Crippen LogP contribution in [-0.4, -0.2) is 37.0 Å². The summed E-state index contributed by atoms with van der Waals surface area (Å²) in [6.07, 6.45) is 0. The maximum Gasteiger partial charge on any atom is 0.234 e. The van der Waals surface area contributed by atoms with Crippen molar-refractivity contribution in [1.29, 1.82) is 0 Å². The zero-order valence-electron chi connectivity index (χ0n) is 9.00. The molecule has 0 aromatic rings. The summed E-state index contributed by atoms with van der Waals surface area (Å²) in [5.41, 5.74) is 10.8. The van der Waals surface area contributed by atoms with E-state index in [0.717, 1.165) is 6.54 Å². The zero-order chi connectivity index (χ0) is 10.6. The van der Waals surface area contributed by atoms with Crippen LogP contribution in [0.5, 0.6) is 0 Å². The number of likely N-dealkylation sites (N-methyl/N-ethyl adjacent to an activating group) is 1. The number of rotatable bonds is 5. The Balaban J connectivity index is 4.14. The lowest BCUT2D eigenvalue weighted by atomic mass is 9.93. The van der Waals surface area contributed by atoms with E-state index in [1.54, 1.807) is 6.92 Å². The molecule has 0 radical (unpaired) electrons. The Morgan fingerprint density at radius 1 is 1.54 bits per heavy atom. The molecule has 0 saturated heterocycles. The SMILES string of the molecule is CC(C(N)=O)N(C)CC(C)(C)CN. The Hall–Kier alpha value is -0.610. The van der Waals surface area contributed by atoms with Crippen molar-refractivity contribution in [2.75, 3.05) is 20.1 Å². The number of hydrogen-bond donors (Lipinski definition) is 2. The van der Waals surface area contributed by atoms with Crippen molar-refractivity contribution in [2.45, 2.75) is 26.8 Å². The van der Waals surface area contributed by atoms with Gasteiger partial charge < -0.3 is 11.5 Å². The van der Waals surface area contributed by atoms with Gasteiger partial charge in [-0.1, -0.05) is 13.8 Å². The number of nitrogens with two attached hydrogens (primary N) is 2. The topological polar surface area (TPSA) is 72.4 Å². The zero-order valence-corrected chi connectivity index (χ0v) is 9.00. The third-order valence-corrected chi connectivity index (χ3v) is 2.30. The van der Waals surface area contributed by atoms with E-state index in [0.29, 0.717) is 6.54 Å². The second-order valence-electron chi connectivity index (χ2n) is 4.36. The molecule has 0 aliphatic heterocycles. The lowest BCUT2D eigenvalue weighted by Crippen LogP contribution is -2.46. The minimum Gasteiger partial charge on any atom is -0.368 e. The molecular weight excluding hydrogens is 166 g/mol. The van der Waals surface area contributed by atoms with E-state index in [9.17, 15) is 4.79 Å². The van der Waals surface area contributed by atoms with Crippen molar-refractivity contribution < 1.29 is 4.79 Å². The smallest absolute Gasteiger partial charge is 0.234 e. The second-order valence-corrected chi connectivity index (χ2v) is 4.36. The minimum absolute atomic E-state index is 0.0263. The molecule has 4 nitrogen and oxygen atoms in total. The predicted octanol–water partition coefficient (Wildman–Crippen LogP) is -0.223. The van der Waals surface area contributed by atoms with Crippen molar-refractivity contribution >= 4 is 5.91 Å². The molecule has 0 aromatic carbocycles. The summed E-state index contributed by atoms with van der Waals surface area (Å²) in [6.45, 7) is 7.31. The van der Waals surface area contributed by atoms with E-state index in [4.69, 9.17) is 11.5 Å². The van der Waals surface area contributed by atoms with E-state index in [1.165, 1.54) is 0 Å². The summed E-state index contributed by atoms with van der Waals surface area (Å²) >= 11 is 0. The van der Waals surface area contributed by atoms with Gasteiger partial charge in [0.25, 0.3) is 0 Å². The van der Waals surface area contributed by atoms with Gasteiger partial charge in [0, 0.05) is 6.54 Å². The van der Waals surface area contributed by atoms with Crippen LogP contribution in [0, 0.1) is 5.41 Å². The molecule has 0 aliphatic rings. The highest BCUT2D eigenvalue weighted by molar-refractivity contribution is 5.79. The predicted molar refractivity (Wildman–Crippen MR) is 54.1 cm³/mol. The van der Waals surface area contributed by atoms with Crippen LogP contribution < -0.4 is 11.5 Å². The average Bonchev–Trinajstić information content (AvgIpc) is 2.02. The summed E-state index contributed by atoms with van der Waals surface area (Å²) in [6, 6.07) is -0.231. The number of hydrogen-bond acceptors (Lipinski definition) is 3. The van der Waals surface area contributed by atoms with Crippen molar-refractivity contribution in [3.8, 4) is 0 Å². The number of primary amides is 1. The molecule has 0 bridgehead atoms. The Labute approximate surface area is 80.3 Å². The van der Waals surface area contributed by atoms with Gasteiger partial charge in [-0.05, 0) is 25.9 Å². The molecule has 13 heavy (non-hydrogen) atoms. The lowest BCUT2D eigenvalue weighted by molar-refractivity contribution is -0.122. The molecule has 4 heteroatoms. The van der Waals surface area contributed by atoms with Crippen LogP contribution in [0.1, 0.15) is 20.8 Å². The molecule has 78 valence electrons. The van der Waals surface area contributed by atoms with Crippen LogP contribution in [0.15, 0.2) is 0 Å². The normalized spacial score (nSPS) is 14.6. The van der Waals surface area contributed by atoms with Gasteiger partial charge in [-0.25, -0.2) is 0 Å². The summed E-state index contributed by atoms with van der Waals surface area (Å²) < 4.78 is 0. The molecule has 0 heterocycles. The van der Waals surface area contributed by atoms with E-state index in [2.05, 4.69) is 13.8 Å². The molecule has 0 saturated carbocycles.